The Hall–Kier alpha value is -1.66. The predicted octanol–water partition coefficient (Wildman–Crippen LogP) is 0.955. The van der Waals surface area contributed by atoms with E-state index in [4.69, 9.17) is 15.2 Å². The van der Waals surface area contributed by atoms with Crippen LogP contribution in [0.25, 0.3) is 0 Å². The molecule has 5 nitrogen and oxygen atoms in total. The lowest BCUT2D eigenvalue weighted by Crippen LogP contribution is -2.24. The van der Waals surface area contributed by atoms with Crippen LogP contribution in [0.15, 0.2) is 18.2 Å². The molecule has 0 aliphatic carbocycles. The third-order valence-corrected chi connectivity index (χ3v) is 2.23. The number of nitrogens with two attached hydrogens (primary N) is 1. The van der Waals surface area contributed by atoms with Crippen LogP contribution in [0.5, 0.6) is 0 Å². The molecule has 0 fully saturated rings. The van der Waals surface area contributed by atoms with E-state index in [1.807, 2.05) is 0 Å². The normalized spacial score (nSPS) is 10.6. The maximum absolute atomic E-state index is 13.2. The second kappa shape index (κ2) is 6.17. The van der Waals surface area contributed by atoms with E-state index in [2.05, 4.69) is 5.32 Å². The van der Waals surface area contributed by atoms with Crippen LogP contribution in [0, 0.1) is 5.82 Å². The summed E-state index contributed by atoms with van der Waals surface area (Å²) in [6.45, 7) is 0.372. The lowest BCUT2D eigenvalue weighted by atomic mass is 10.2. The Morgan fingerprint density at radius 2 is 2.12 bits per heavy atom. The highest BCUT2D eigenvalue weighted by Gasteiger charge is 2.10. The quantitative estimate of drug-likeness (QED) is 0.728. The molecule has 0 aliphatic heterocycles. The van der Waals surface area contributed by atoms with E-state index in [0.717, 1.165) is 0 Å². The first kappa shape index (κ1) is 13.4. The van der Waals surface area contributed by atoms with Crippen molar-refractivity contribution in [3.05, 3.63) is 29.6 Å². The fourth-order valence-corrected chi connectivity index (χ4v) is 1.29. The first-order valence-electron chi connectivity index (χ1n) is 4.97. The molecule has 0 radical (unpaired) electrons. The van der Waals surface area contributed by atoms with Gasteiger partial charge < -0.3 is 20.5 Å². The average molecular weight is 242 g/mol. The molecule has 0 unspecified atom stereocenters. The molecule has 0 atom stereocenters. The number of hydrogen-bond acceptors (Lipinski definition) is 4. The second-order valence-electron chi connectivity index (χ2n) is 3.34. The molecule has 94 valence electrons. The largest absolute Gasteiger partial charge is 0.380 e. The minimum atomic E-state index is -0.804. The second-order valence-corrected chi connectivity index (χ2v) is 3.34. The Balaban J connectivity index is 2.72. The lowest BCUT2D eigenvalue weighted by Gasteiger charge is -2.15. The van der Waals surface area contributed by atoms with E-state index >= 15 is 0 Å². The van der Waals surface area contributed by atoms with Crippen LogP contribution in [0.3, 0.4) is 0 Å². The number of methoxy groups -OCH3 is 2. The molecule has 0 heterocycles. The molecule has 6 heteroatoms. The van der Waals surface area contributed by atoms with Crippen molar-refractivity contribution in [2.45, 2.75) is 6.29 Å². The molecule has 0 saturated carbocycles. The van der Waals surface area contributed by atoms with Crippen molar-refractivity contribution in [3.8, 4) is 0 Å². The summed E-state index contributed by atoms with van der Waals surface area (Å²) in [4.78, 5) is 10.9. The zero-order chi connectivity index (χ0) is 12.8. The van der Waals surface area contributed by atoms with Crippen molar-refractivity contribution in [1.82, 2.24) is 0 Å². The predicted molar refractivity (Wildman–Crippen MR) is 61.2 cm³/mol. The van der Waals surface area contributed by atoms with E-state index in [9.17, 15) is 9.18 Å². The fourth-order valence-electron chi connectivity index (χ4n) is 1.29. The third-order valence-electron chi connectivity index (χ3n) is 2.23. The van der Waals surface area contributed by atoms with Gasteiger partial charge in [0.1, 0.15) is 5.82 Å². The highest BCUT2D eigenvalue weighted by molar-refractivity contribution is 5.94. The molecule has 0 saturated heterocycles. The highest BCUT2D eigenvalue weighted by Crippen LogP contribution is 2.14. The molecule has 0 spiro atoms. The summed E-state index contributed by atoms with van der Waals surface area (Å²) in [7, 11) is 3.02. The van der Waals surface area contributed by atoms with Crippen molar-refractivity contribution in [1.29, 1.82) is 0 Å². The minimum Gasteiger partial charge on any atom is -0.380 e. The zero-order valence-electron chi connectivity index (χ0n) is 9.70. The number of primary amides is 1. The smallest absolute Gasteiger partial charge is 0.251 e. The van der Waals surface area contributed by atoms with Gasteiger partial charge in [0.25, 0.3) is 5.91 Å². The van der Waals surface area contributed by atoms with Gasteiger partial charge in [-0.25, -0.2) is 4.39 Å². The van der Waals surface area contributed by atoms with Gasteiger partial charge in [0.05, 0.1) is 12.1 Å². The Morgan fingerprint density at radius 1 is 1.47 bits per heavy atom. The molecule has 1 amide bonds. The standard InChI is InChI=1S/C11H15FN2O3/c1-16-10(17-2)6-14-7-3-4-9(12)8(5-7)11(13)15/h3-5,10,14H,6H2,1-2H3,(H2,13,15). The van der Waals surface area contributed by atoms with Gasteiger partial charge in [-0.1, -0.05) is 0 Å². The van der Waals surface area contributed by atoms with Crippen molar-refractivity contribution < 1.29 is 18.7 Å². The fraction of sp³-hybridized carbons (Fsp3) is 0.364. The number of benzene rings is 1. The number of rotatable bonds is 6. The molecule has 1 rings (SSSR count). The van der Waals surface area contributed by atoms with Crippen molar-refractivity contribution in [3.63, 3.8) is 0 Å². The van der Waals surface area contributed by atoms with Crippen LogP contribution in [0.2, 0.25) is 0 Å². The molecule has 17 heavy (non-hydrogen) atoms. The Morgan fingerprint density at radius 3 is 2.65 bits per heavy atom. The lowest BCUT2D eigenvalue weighted by molar-refractivity contribution is -0.0914. The van der Waals surface area contributed by atoms with E-state index < -0.39 is 18.0 Å². The molecule has 1 aromatic carbocycles. The Labute approximate surface area is 98.7 Å². The number of anilines is 1. The van der Waals surface area contributed by atoms with Crippen LogP contribution >= 0.6 is 0 Å². The number of amides is 1. The highest BCUT2D eigenvalue weighted by atomic mass is 19.1. The van der Waals surface area contributed by atoms with E-state index in [0.29, 0.717) is 12.2 Å². The first-order chi connectivity index (χ1) is 8.08. The molecular weight excluding hydrogens is 227 g/mol. The maximum atomic E-state index is 13.2. The minimum absolute atomic E-state index is 0.151. The molecular formula is C11H15FN2O3. The monoisotopic (exact) mass is 242 g/mol. The van der Waals surface area contributed by atoms with Crippen LogP contribution in [-0.2, 0) is 9.47 Å². The topological polar surface area (TPSA) is 73.6 Å². The SMILES string of the molecule is COC(CNc1ccc(F)c(C(N)=O)c1)OC. The van der Waals surface area contributed by atoms with Crippen LogP contribution in [-0.4, -0.2) is 33.0 Å². The molecule has 1 aromatic rings. The Bertz CT molecular complexity index is 394. The zero-order valence-corrected chi connectivity index (χ0v) is 9.70. The van der Waals surface area contributed by atoms with Gasteiger partial charge in [-0.05, 0) is 18.2 Å². The number of nitrogens with one attached hydrogen (secondary N) is 1. The third kappa shape index (κ3) is 3.69. The van der Waals surface area contributed by atoms with Crippen molar-refractivity contribution in [2.24, 2.45) is 5.73 Å². The summed E-state index contributed by atoms with van der Waals surface area (Å²) >= 11 is 0. The summed E-state index contributed by atoms with van der Waals surface area (Å²) < 4.78 is 23.1. The maximum Gasteiger partial charge on any atom is 0.251 e. The molecule has 0 bridgehead atoms. The van der Waals surface area contributed by atoms with Gasteiger partial charge in [0.2, 0.25) is 0 Å². The van der Waals surface area contributed by atoms with Crippen LogP contribution in [0.1, 0.15) is 10.4 Å². The number of ether oxygens (including phenoxy) is 2. The van der Waals surface area contributed by atoms with Crippen LogP contribution < -0.4 is 11.1 Å². The number of hydrogen-bond donors (Lipinski definition) is 2. The molecule has 0 aromatic heterocycles. The van der Waals surface area contributed by atoms with Gasteiger partial charge in [-0.15, -0.1) is 0 Å². The summed E-state index contributed by atoms with van der Waals surface area (Å²) in [5.74, 6) is -1.45. The first-order valence-corrected chi connectivity index (χ1v) is 4.97. The van der Waals surface area contributed by atoms with Gasteiger partial charge in [-0.3, -0.25) is 4.79 Å². The van der Waals surface area contributed by atoms with E-state index in [1.54, 1.807) is 0 Å². The molecule has 0 aliphatic rings. The van der Waals surface area contributed by atoms with E-state index in [-0.39, 0.29) is 5.56 Å². The van der Waals surface area contributed by atoms with Crippen molar-refractivity contribution in [2.75, 3.05) is 26.1 Å². The summed E-state index contributed by atoms with van der Waals surface area (Å²) in [5.41, 5.74) is 5.45. The Kier molecular flexibility index (Phi) is 4.86. The van der Waals surface area contributed by atoms with Gasteiger partial charge >= 0.3 is 0 Å². The van der Waals surface area contributed by atoms with Crippen molar-refractivity contribution >= 4 is 11.6 Å². The summed E-state index contributed by atoms with van der Waals surface area (Å²) in [6, 6.07) is 4.03. The number of carbonyl (C=O) groups is 1. The number of carbonyl (C=O) groups excluding carboxylic acids is 1. The van der Waals surface area contributed by atoms with E-state index in [1.165, 1.54) is 32.4 Å². The van der Waals surface area contributed by atoms with Gasteiger partial charge in [0.15, 0.2) is 6.29 Å². The number of halogens is 1. The summed E-state index contributed by atoms with van der Waals surface area (Å²) in [5, 5.41) is 2.94. The van der Waals surface area contributed by atoms with Gasteiger partial charge in [0, 0.05) is 19.9 Å². The molecule has 3 N–H and O–H groups in total. The van der Waals surface area contributed by atoms with Crippen LogP contribution in [0.4, 0.5) is 10.1 Å². The summed E-state index contributed by atoms with van der Waals surface area (Å²) in [6.07, 6.45) is -0.419. The average Bonchev–Trinajstić information content (AvgIpc) is 2.32. The van der Waals surface area contributed by atoms with Gasteiger partial charge in [-0.2, -0.15) is 0 Å².